The van der Waals surface area contributed by atoms with Crippen molar-refractivity contribution < 1.29 is 4.79 Å². The number of nitrogens with one attached hydrogen (secondary N) is 2. The highest BCUT2D eigenvalue weighted by molar-refractivity contribution is 6.34. The molecule has 3 aromatic heterocycles. The molecule has 3 aromatic rings. The standard InChI is InChI=1S/C14H12Cl2N8O/c1-8(12-20-7-21-24(12)13-17-3-2-4-18-13)22-14(25)23-10-5-9(15)6-19-11(10)16/h2-8H,1H3,(H2,22,23,25)/t8-/m0/s1. The highest BCUT2D eigenvalue weighted by Gasteiger charge is 2.18. The van der Waals surface area contributed by atoms with Gasteiger partial charge in [0.25, 0.3) is 5.95 Å². The van der Waals surface area contributed by atoms with Crippen LogP contribution >= 0.6 is 23.2 Å². The van der Waals surface area contributed by atoms with Gasteiger partial charge in [-0.1, -0.05) is 23.2 Å². The summed E-state index contributed by atoms with van der Waals surface area (Å²) in [5.41, 5.74) is 0.298. The molecule has 128 valence electrons. The average molecular weight is 379 g/mol. The maximum atomic E-state index is 12.2. The smallest absolute Gasteiger partial charge is 0.319 e. The molecular formula is C14H12Cl2N8O. The van der Waals surface area contributed by atoms with Gasteiger partial charge in [0.1, 0.15) is 6.33 Å². The molecule has 0 unspecified atom stereocenters. The van der Waals surface area contributed by atoms with Gasteiger partial charge in [0.05, 0.1) is 16.8 Å². The van der Waals surface area contributed by atoms with Gasteiger partial charge in [-0.15, -0.1) is 0 Å². The number of carbonyl (C=O) groups is 1. The van der Waals surface area contributed by atoms with Crippen LogP contribution in [0.15, 0.2) is 37.1 Å². The number of hydrogen-bond donors (Lipinski definition) is 2. The zero-order valence-corrected chi connectivity index (χ0v) is 14.4. The highest BCUT2D eigenvalue weighted by Crippen LogP contribution is 2.22. The molecule has 0 bridgehead atoms. The molecule has 2 amide bonds. The third-order valence-electron chi connectivity index (χ3n) is 3.10. The lowest BCUT2D eigenvalue weighted by Crippen LogP contribution is -2.32. The van der Waals surface area contributed by atoms with Gasteiger partial charge in [-0.05, 0) is 19.1 Å². The SMILES string of the molecule is C[C@H](NC(=O)Nc1cc(Cl)cnc1Cl)c1ncnn1-c1ncccn1. The number of nitrogens with zero attached hydrogens (tertiary/aromatic N) is 6. The Labute approximate surface area is 152 Å². The quantitative estimate of drug-likeness (QED) is 0.675. The number of halogens is 2. The molecule has 0 aromatic carbocycles. The summed E-state index contributed by atoms with van der Waals surface area (Å²) in [6.07, 6.45) is 5.93. The number of rotatable bonds is 4. The Morgan fingerprint density at radius 3 is 2.72 bits per heavy atom. The van der Waals surface area contributed by atoms with Crippen molar-refractivity contribution in [3.8, 4) is 5.95 Å². The first-order valence-corrected chi connectivity index (χ1v) is 7.86. The van der Waals surface area contributed by atoms with Gasteiger partial charge in [-0.25, -0.2) is 24.7 Å². The second-order valence-electron chi connectivity index (χ2n) is 4.89. The Morgan fingerprint density at radius 1 is 1.20 bits per heavy atom. The van der Waals surface area contributed by atoms with Crippen molar-refractivity contribution in [1.82, 2.24) is 35.0 Å². The van der Waals surface area contributed by atoms with E-state index < -0.39 is 12.1 Å². The molecule has 11 heteroatoms. The van der Waals surface area contributed by atoms with Crippen molar-refractivity contribution in [3.05, 3.63) is 53.1 Å². The number of amides is 2. The first kappa shape index (κ1) is 17.1. The van der Waals surface area contributed by atoms with Gasteiger partial charge in [0.2, 0.25) is 0 Å². The number of hydrogen-bond acceptors (Lipinski definition) is 6. The van der Waals surface area contributed by atoms with E-state index in [0.29, 0.717) is 22.5 Å². The van der Waals surface area contributed by atoms with Crippen LogP contribution in [0.4, 0.5) is 10.5 Å². The van der Waals surface area contributed by atoms with E-state index >= 15 is 0 Å². The maximum absolute atomic E-state index is 12.2. The van der Waals surface area contributed by atoms with Crippen molar-refractivity contribution in [1.29, 1.82) is 0 Å². The molecule has 0 saturated heterocycles. The van der Waals surface area contributed by atoms with Crippen LogP contribution in [-0.2, 0) is 0 Å². The zero-order valence-electron chi connectivity index (χ0n) is 12.9. The summed E-state index contributed by atoms with van der Waals surface area (Å²) in [6, 6.07) is 2.22. The molecule has 0 aliphatic heterocycles. The Hall–Kier alpha value is -2.78. The number of anilines is 1. The van der Waals surface area contributed by atoms with Gasteiger partial charge < -0.3 is 10.6 Å². The molecule has 0 aliphatic rings. The van der Waals surface area contributed by atoms with Gasteiger partial charge in [0, 0.05) is 18.6 Å². The second kappa shape index (κ2) is 7.41. The number of aromatic nitrogens is 6. The Bertz CT molecular complexity index is 886. The topological polar surface area (TPSA) is 111 Å². The van der Waals surface area contributed by atoms with E-state index in [1.807, 2.05) is 0 Å². The predicted molar refractivity (Wildman–Crippen MR) is 91.8 cm³/mol. The molecule has 0 aliphatic carbocycles. The van der Waals surface area contributed by atoms with Crippen molar-refractivity contribution in [2.45, 2.75) is 13.0 Å². The largest absolute Gasteiger partial charge is 0.328 e. The van der Waals surface area contributed by atoms with E-state index in [-0.39, 0.29) is 5.15 Å². The summed E-state index contributed by atoms with van der Waals surface area (Å²) in [5, 5.41) is 9.89. The molecule has 25 heavy (non-hydrogen) atoms. The Morgan fingerprint density at radius 2 is 1.96 bits per heavy atom. The van der Waals surface area contributed by atoms with E-state index in [1.54, 1.807) is 25.4 Å². The second-order valence-corrected chi connectivity index (χ2v) is 5.69. The van der Waals surface area contributed by atoms with Gasteiger partial charge in [0.15, 0.2) is 11.0 Å². The molecule has 0 fully saturated rings. The summed E-state index contributed by atoms with van der Waals surface area (Å²) >= 11 is 11.8. The van der Waals surface area contributed by atoms with Crippen LogP contribution in [0.2, 0.25) is 10.2 Å². The van der Waals surface area contributed by atoms with E-state index in [2.05, 4.69) is 35.7 Å². The van der Waals surface area contributed by atoms with Crippen LogP contribution in [-0.4, -0.2) is 35.7 Å². The van der Waals surface area contributed by atoms with E-state index in [4.69, 9.17) is 23.2 Å². The summed E-state index contributed by atoms with van der Waals surface area (Å²) in [7, 11) is 0. The van der Waals surface area contributed by atoms with Crippen LogP contribution in [0.25, 0.3) is 5.95 Å². The number of pyridine rings is 1. The maximum Gasteiger partial charge on any atom is 0.319 e. The first-order chi connectivity index (χ1) is 12.0. The van der Waals surface area contributed by atoms with Crippen LogP contribution in [0, 0.1) is 0 Å². The fraction of sp³-hybridized carbons (Fsp3) is 0.143. The summed E-state index contributed by atoms with van der Waals surface area (Å²) in [6.45, 7) is 1.75. The molecule has 2 N–H and O–H groups in total. The zero-order chi connectivity index (χ0) is 17.8. The van der Waals surface area contributed by atoms with E-state index in [1.165, 1.54) is 23.3 Å². The predicted octanol–water partition coefficient (Wildman–Crippen LogP) is 2.64. The average Bonchev–Trinajstić information content (AvgIpc) is 3.09. The third-order valence-corrected chi connectivity index (χ3v) is 3.61. The Balaban J connectivity index is 1.73. The minimum Gasteiger partial charge on any atom is -0.328 e. The van der Waals surface area contributed by atoms with Crippen LogP contribution in [0.5, 0.6) is 0 Å². The molecular weight excluding hydrogens is 367 g/mol. The molecule has 0 spiro atoms. The van der Waals surface area contributed by atoms with Crippen LogP contribution < -0.4 is 10.6 Å². The summed E-state index contributed by atoms with van der Waals surface area (Å²) in [5.74, 6) is 0.822. The molecule has 1 atom stereocenters. The lowest BCUT2D eigenvalue weighted by molar-refractivity contribution is 0.248. The van der Waals surface area contributed by atoms with Gasteiger partial charge >= 0.3 is 6.03 Å². The van der Waals surface area contributed by atoms with Crippen molar-refractivity contribution >= 4 is 34.9 Å². The summed E-state index contributed by atoms with van der Waals surface area (Å²) < 4.78 is 1.44. The minimum atomic E-state index is -0.498. The third kappa shape index (κ3) is 4.01. The number of urea groups is 1. The van der Waals surface area contributed by atoms with Crippen molar-refractivity contribution in [2.75, 3.05) is 5.32 Å². The number of carbonyl (C=O) groups excluding carboxylic acids is 1. The molecule has 0 radical (unpaired) electrons. The minimum absolute atomic E-state index is 0.132. The Kier molecular flexibility index (Phi) is 5.05. The molecule has 3 rings (SSSR count). The molecule has 3 heterocycles. The monoisotopic (exact) mass is 378 g/mol. The van der Waals surface area contributed by atoms with Crippen molar-refractivity contribution in [3.63, 3.8) is 0 Å². The van der Waals surface area contributed by atoms with Gasteiger partial charge in [-0.3, -0.25) is 0 Å². The van der Waals surface area contributed by atoms with Crippen LogP contribution in [0.1, 0.15) is 18.8 Å². The fourth-order valence-electron chi connectivity index (χ4n) is 2.03. The van der Waals surface area contributed by atoms with E-state index in [0.717, 1.165) is 0 Å². The molecule has 0 saturated carbocycles. The van der Waals surface area contributed by atoms with Crippen molar-refractivity contribution in [2.24, 2.45) is 0 Å². The highest BCUT2D eigenvalue weighted by atomic mass is 35.5. The first-order valence-electron chi connectivity index (χ1n) is 7.10. The lowest BCUT2D eigenvalue weighted by atomic mass is 10.3. The lowest BCUT2D eigenvalue weighted by Gasteiger charge is -2.15. The van der Waals surface area contributed by atoms with E-state index in [9.17, 15) is 4.79 Å². The van der Waals surface area contributed by atoms with Crippen LogP contribution in [0.3, 0.4) is 0 Å². The molecule has 9 nitrogen and oxygen atoms in total. The van der Waals surface area contributed by atoms with Gasteiger partial charge in [-0.2, -0.15) is 9.78 Å². The normalized spacial score (nSPS) is 11.8. The fourth-order valence-corrected chi connectivity index (χ4v) is 2.34. The summed E-state index contributed by atoms with van der Waals surface area (Å²) in [4.78, 5) is 28.4.